The number of anilines is 1. The maximum absolute atomic E-state index is 13.9. The van der Waals surface area contributed by atoms with Crippen LogP contribution in [-0.2, 0) is 6.42 Å². The molecule has 0 unspecified atom stereocenters. The van der Waals surface area contributed by atoms with E-state index in [0.717, 1.165) is 12.5 Å². The molecule has 0 bridgehead atoms. The van der Waals surface area contributed by atoms with Gasteiger partial charge in [0, 0.05) is 23.7 Å². The molecule has 2 aromatic rings. The van der Waals surface area contributed by atoms with Crippen LogP contribution in [0.15, 0.2) is 30.3 Å². The zero-order chi connectivity index (χ0) is 18.7. The molecule has 3 rings (SSSR count). The van der Waals surface area contributed by atoms with Crippen molar-refractivity contribution in [2.24, 2.45) is 0 Å². The normalized spacial score (nSPS) is 12.8. The maximum atomic E-state index is 13.9. The lowest BCUT2D eigenvalue weighted by Crippen LogP contribution is -2.29. The van der Waals surface area contributed by atoms with Gasteiger partial charge in [0.2, 0.25) is 0 Å². The monoisotopic (exact) mass is 361 g/mol. The van der Waals surface area contributed by atoms with Crippen LogP contribution >= 0.6 is 0 Å². The quantitative estimate of drug-likeness (QED) is 0.768. The van der Waals surface area contributed by atoms with E-state index in [1.54, 1.807) is 18.2 Å². The van der Waals surface area contributed by atoms with E-state index in [2.05, 4.69) is 0 Å². The summed E-state index contributed by atoms with van der Waals surface area (Å²) in [4.78, 5) is 14.3. The minimum absolute atomic E-state index is 0.289. The van der Waals surface area contributed by atoms with Crippen LogP contribution in [0.1, 0.15) is 36.2 Å². The van der Waals surface area contributed by atoms with Gasteiger partial charge in [0.25, 0.3) is 5.91 Å². The van der Waals surface area contributed by atoms with E-state index in [1.807, 2.05) is 13.8 Å². The van der Waals surface area contributed by atoms with Crippen molar-refractivity contribution in [2.75, 3.05) is 24.7 Å². The molecule has 0 aliphatic carbocycles. The molecule has 138 valence electrons. The molecule has 1 aliphatic heterocycles. The van der Waals surface area contributed by atoms with Crippen molar-refractivity contribution < 1.29 is 23.0 Å². The highest BCUT2D eigenvalue weighted by Gasteiger charge is 2.29. The van der Waals surface area contributed by atoms with Crippen molar-refractivity contribution >= 4 is 11.6 Å². The lowest BCUT2D eigenvalue weighted by Gasteiger charge is -2.19. The summed E-state index contributed by atoms with van der Waals surface area (Å²) in [5.41, 5.74) is 1.04. The number of hydrogen-bond acceptors (Lipinski definition) is 3. The fourth-order valence-corrected chi connectivity index (χ4v) is 3.03. The number of rotatable bonds is 6. The fourth-order valence-electron chi connectivity index (χ4n) is 3.03. The van der Waals surface area contributed by atoms with Gasteiger partial charge in [-0.3, -0.25) is 4.79 Å². The van der Waals surface area contributed by atoms with E-state index < -0.39 is 11.6 Å². The number of fused-ring (bicyclic) bond motifs is 1. The van der Waals surface area contributed by atoms with E-state index in [1.165, 1.54) is 11.0 Å². The first-order valence-corrected chi connectivity index (χ1v) is 8.74. The molecule has 6 heteroatoms. The van der Waals surface area contributed by atoms with E-state index in [4.69, 9.17) is 9.47 Å². The van der Waals surface area contributed by atoms with Gasteiger partial charge in [0.15, 0.2) is 11.5 Å². The van der Waals surface area contributed by atoms with E-state index in [9.17, 15) is 13.6 Å². The molecule has 0 spiro atoms. The molecule has 0 aromatic heterocycles. The predicted octanol–water partition coefficient (Wildman–Crippen LogP) is 4.36. The minimum atomic E-state index is -0.695. The summed E-state index contributed by atoms with van der Waals surface area (Å²) in [6.07, 6.45) is 1.22. The Morgan fingerprint density at radius 1 is 1.12 bits per heavy atom. The Balaban J connectivity index is 1.91. The molecule has 0 saturated heterocycles. The Hall–Kier alpha value is -2.63. The second kappa shape index (κ2) is 7.72. The first-order valence-electron chi connectivity index (χ1n) is 8.74. The first-order chi connectivity index (χ1) is 12.5. The van der Waals surface area contributed by atoms with E-state index >= 15 is 0 Å². The molecule has 0 saturated carbocycles. The number of hydrogen-bond donors (Lipinski definition) is 0. The van der Waals surface area contributed by atoms with Gasteiger partial charge in [-0.2, -0.15) is 0 Å². The molecule has 26 heavy (non-hydrogen) atoms. The number of benzene rings is 2. The average molecular weight is 361 g/mol. The van der Waals surface area contributed by atoms with Crippen molar-refractivity contribution in [3.8, 4) is 11.5 Å². The van der Waals surface area contributed by atoms with Gasteiger partial charge in [-0.1, -0.05) is 6.92 Å². The summed E-state index contributed by atoms with van der Waals surface area (Å²) in [7, 11) is 0. The van der Waals surface area contributed by atoms with Crippen molar-refractivity contribution in [3.05, 3.63) is 53.1 Å². The van der Waals surface area contributed by atoms with Crippen molar-refractivity contribution in [2.45, 2.75) is 26.7 Å². The van der Waals surface area contributed by atoms with Crippen LogP contribution in [0.3, 0.4) is 0 Å². The van der Waals surface area contributed by atoms with Gasteiger partial charge < -0.3 is 14.4 Å². The van der Waals surface area contributed by atoms with Gasteiger partial charge in [-0.05, 0) is 44.0 Å². The zero-order valence-corrected chi connectivity index (χ0v) is 14.9. The number of ether oxygens (including phenoxy) is 2. The lowest BCUT2D eigenvalue weighted by atomic mass is 10.1. The second-order valence-corrected chi connectivity index (χ2v) is 6.04. The van der Waals surface area contributed by atoms with Crippen LogP contribution in [-0.4, -0.2) is 25.7 Å². The van der Waals surface area contributed by atoms with Crippen LogP contribution < -0.4 is 14.4 Å². The Morgan fingerprint density at radius 3 is 2.65 bits per heavy atom. The number of amides is 1. The molecule has 0 atom stereocenters. The zero-order valence-electron chi connectivity index (χ0n) is 14.9. The third kappa shape index (κ3) is 3.49. The largest absolute Gasteiger partial charge is 0.490 e. The molecule has 0 radical (unpaired) electrons. The lowest BCUT2D eigenvalue weighted by molar-refractivity contribution is 0.0989. The van der Waals surface area contributed by atoms with Crippen LogP contribution in [0.4, 0.5) is 14.5 Å². The summed E-state index contributed by atoms with van der Waals surface area (Å²) in [6.45, 7) is 5.14. The van der Waals surface area contributed by atoms with Crippen LogP contribution in [0.5, 0.6) is 11.5 Å². The summed E-state index contributed by atoms with van der Waals surface area (Å²) in [5, 5.41) is 0. The number of nitrogens with zero attached hydrogens (tertiary/aromatic N) is 1. The molecule has 0 fully saturated rings. The molecular formula is C20H21F2NO3. The highest BCUT2D eigenvalue weighted by molar-refractivity contribution is 6.07. The van der Waals surface area contributed by atoms with Gasteiger partial charge in [-0.15, -0.1) is 0 Å². The second-order valence-electron chi connectivity index (χ2n) is 6.04. The summed E-state index contributed by atoms with van der Waals surface area (Å²) < 4.78 is 38.7. The molecule has 1 amide bonds. The average Bonchev–Trinajstić information content (AvgIpc) is 3.04. The molecule has 0 N–H and O–H groups in total. The minimum Gasteiger partial charge on any atom is -0.490 e. The van der Waals surface area contributed by atoms with Gasteiger partial charge in [0.1, 0.15) is 11.6 Å². The maximum Gasteiger partial charge on any atom is 0.258 e. The van der Waals surface area contributed by atoms with Crippen LogP contribution in [0.25, 0.3) is 0 Å². The number of halogens is 2. The van der Waals surface area contributed by atoms with Crippen LogP contribution in [0.2, 0.25) is 0 Å². The summed E-state index contributed by atoms with van der Waals surface area (Å²) in [6, 6.07) is 7.00. The van der Waals surface area contributed by atoms with E-state index in [0.29, 0.717) is 48.8 Å². The summed E-state index contributed by atoms with van der Waals surface area (Å²) >= 11 is 0. The van der Waals surface area contributed by atoms with E-state index in [-0.39, 0.29) is 11.6 Å². The molecule has 1 heterocycles. The smallest absolute Gasteiger partial charge is 0.258 e. The molecule has 4 nitrogen and oxygen atoms in total. The molecular weight excluding hydrogens is 340 g/mol. The first kappa shape index (κ1) is 18.2. The van der Waals surface area contributed by atoms with Gasteiger partial charge in [0.05, 0.1) is 18.9 Å². The predicted molar refractivity (Wildman–Crippen MR) is 95.1 cm³/mol. The third-order valence-corrected chi connectivity index (χ3v) is 4.21. The van der Waals surface area contributed by atoms with Crippen molar-refractivity contribution in [1.82, 2.24) is 0 Å². The molecule has 1 aliphatic rings. The third-order valence-electron chi connectivity index (χ3n) is 4.21. The Morgan fingerprint density at radius 2 is 1.92 bits per heavy atom. The fraction of sp³-hybridized carbons (Fsp3) is 0.350. The summed E-state index contributed by atoms with van der Waals surface area (Å²) in [5.74, 6) is -0.578. The Kier molecular flexibility index (Phi) is 5.40. The molecule has 2 aromatic carbocycles. The SMILES string of the molecule is CCCOc1ccc(C(=O)N2CCc3c(F)cc(F)cc32)cc1OCC. The van der Waals surface area contributed by atoms with Gasteiger partial charge in [-0.25, -0.2) is 8.78 Å². The Labute approximate surface area is 151 Å². The highest BCUT2D eigenvalue weighted by Crippen LogP contribution is 2.34. The number of carbonyl (C=O) groups is 1. The Bertz CT molecular complexity index is 823. The topological polar surface area (TPSA) is 38.8 Å². The van der Waals surface area contributed by atoms with Crippen LogP contribution in [0, 0.1) is 11.6 Å². The standard InChI is InChI=1S/C20H21F2NO3/c1-3-9-26-18-6-5-13(10-19(18)25-4-2)20(24)23-8-7-15-16(22)11-14(21)12-17(15)23/h5-6,10-12H,3-4,7-9H2,1-2H3. The van der Waals surface area contributed by atoms with Crippen molar-refractivity contribution in [3.63, 3.8) is 0 Å². The van der Waals surface area contributed by atoms with Gasteiger partial charge >= 0.3 is 0 Å². The van der Waals surface area contributed by atoms with Crippen molar-refractivity contribution in [1.29, 1.82) is 0 Å². The number of carbonyl (C=O) groups excluding carboxylic acids is 1. The highest BCUT2D eigenvalue weighted by atomic mass is 19.1.